The van der Waals surface area contributed by atoms with E-state index in [0.717, 1.165) is 13.0 Å². The second-order valence-corrected chi connectivity index (χ2v) is 5.42. The van der Waals surface area contributed by atoms with Crippen LogP contribution in [0, 0.1) is 0 Å². The summed E-state index contributed by atoms with van der Waals surface area (Å²) in [4.78, 5) is 16.6. The van der Waals surface area contributed by atoms with Gasteiger partial charge in [-0.3, -0.25) is 9.36 Å². The molecule has 1 aliphatic rings. The van der Waals surface area contributed by atoms with Gasteiger partial charge in [-0.25, -0.2) is 4.98 Å². The average molecular weight is 278 g/mol. The van der Waals surface area contributed by atoms with Gasteiger partial charge >= 0.3 is 0 Å². The van der Waals surface area contributed by atoms with Gasteiger partial charge in [0, 0.05) is 17.6 Å². The van der Waals surface area contributed by atoms with Crippen LogP contribution in [0.3, 0.4) is 0 Å². The van der Waals surface area contributed by atoms with Gasteiger partial charge in [-0.2, -0.15) is 0 Å². The van der Waals surface area contributed by atoms with Crippen molar-refractivity contribution in [3.63, 3.8) is 0 Å². The minimum absolute atomic E-state index is 0.00880. The maximum absolute atomic E-state index is 12.3. The highest BCUT2D eigenvalue weighted by Gasteiger charge is 2.14. The van der Waals surface area contributed by atoms with Crippen molar-refractivity contribution in [2.45, 2.75) is 31.8 Å². The molecule has 1 fully saturated rings. The molecule has 1 aliphatic heterocycles. The summed E-state index contributed by atoms with van der Waals surface area (Å²) < 4.78 is 1.68. The number of nitrogens with zero attached hydrogens (tertiary/aromatic N) is 2. The number of rotatable bonds is 3. The highest BCUT2D eigenvalue weighted by atomic mass is 35.5. The van der Waals surface area contributed by atoms with Crippen LogP contribution in [0.4, 0.5) is 0 Å². The van der Waals surface area contributed by atoms with E-state index in [1.807, 2.05) is 0 Å². The van der Waals surface area contributed by atoms with E-state index in [9.17, 15) is 4.79 Å². The van der Waals surface area contributed by atoms with E-state index in [0.29, 0.717) is 28.5 Å². The third-order valence-electron chi connectivity index (χ3n) is 3.67. The predicted octanol–water partition coefficient (Wildman–Crippen LogP) is 2.19. The van der Waals surface area contributed by atoms with Crippen LogP contribution < -0.4 is 10.9 Å². The Balaban J connectivity index is 1.87. The molecule has 0 bridgehead atoms. The molecule has 1 aromatic heterocycles. The number of hydrogen-bond acceptors (Lipinski definition) is 3. The Morgan fingerprint density at radius 1 is 1.47 bits per heavy atom. The normalized spacial score (nSPS) is 19.1. The minimum Gasteiger partial charge on any atom is -0.314 e. The Bertz CT molecular complexity index is 647. The monoisotopic (exact) mass is 277 g/mol. The molecular weight excluding hydrogens is 262 g/mol. The van der Waals surface area contributed by atoms with Crippen molar-refractivity contribution in [1.29, 1.82) is 0 Å². The van der Waals surface area contributed by atoms with Gasteiger partial charge in [0.1, 0.15) is 0 Å². The van der Waals surface area contributed by atoms with Crippen molar-refractivity contribution < 1.29 is 0 Å². The maximum atomic E-state index is 12.3. The van der Waals surface area contributed by atoms with Crippen LogP contribution in [0.1, 0.15) is 19.3 Å². The first-order chi connectivity index (χ1) is 9.24. The highest BCUT2D eigenvalue weighted by molar-refractivity contribution is 6.31. The van der Waals surface area contributed by atoms with E-state index in [1.54, 1.807) is 29.1 Å². The minimum atomic E-state index is -0.00880. The van der Waals surface area contributed by atoms with E-state index in [1.165, 1.54) is 12.8 Å². The van der Waals surface area contributed by atoms with Crippen molar-refractivity contribution in [3.8, 4) is 0 Å². The topological polar surface area (TPSA) is 46.9 Å². The van der Waals surface area contributed by atoms with Crippen LogP contribution in [0.5, 0.6) is 0 Å². The summed E-state index contributed by atoms with van der Waals surface area (Å²) in [7, 11) is 0. The lowest BCUT2D eigenvalue weighted by atomic mass is 10.1. The van der Waals surface area contributed by atoms with Crippen LogP contribution in [-0.4, -0.2) is 22.1 Å². The third kappa shape index (κ3) is 2.65. The van der Waals surface area contributed by atoms with Crippen molar-refractivity contribution in [1.82, 2.24) is 14.9 Å². The Morgan fingerprint density at radius 3 is 3.16 bits per heavy atom. The largest absolute Gasteiger partial charge is 0.314 e. The molecule has 1 N–H and O–H groups in total. The first kappa shape index (κ1) is 12.6. The molecule has 5 heteroatoms. The first-order valence-corrected chi connectivity index (χ1v) is 7.00. The molecule has 0 aliphatic carbocycles. The number of benzene rings is 1. The first-order valence-electron chi connectivity index (χ1n) is 6.62. The zero-order chi connectivity index (χ0) is 13.2. The molecule has 1 aromatic carbocycles. The molecule has 4 nitrogen and oxygen atoms in total. The zero-order valence-electron chi connectivity index (χ0n) is 10.6. The number of aryl methyl sites for hydroxylation is 1. The quantitative estimate of drug-likeness (QED) is 0.936. The summed E-state index contributed by atoms with van der Waals surface area (Å²) in [6.07, 6.45) is 5.02. The summed E-state index contributed by atoms with van der Waals surface area (Å²) in [5.74, 6) is 0. The summed E-state index contributed by atoms with van der Waals surface area (Å²) in [6, 6.07) is 5.75. The number of halogens is 1. The van der Waals surface area contributed by atoms with Gasteiger partial charge < -0.3 is 5.32 Å². The summed E-state index contributed by atoms with van der Waals surface area (Å²) in [6.45, 7) is 1.79. The van der Waals surface area contributed by atoms with E-state index in [-0.39, 0.29) is 5.56 Å². The lowest BCUT2D eigenvalue weighted by Crippen LogP contribution is -2.27. The SMILES string of the molecule is O=c1c2cc(Cl)ccc2ncn1CC[C@@H]1CCCN1. The molecule has 3 rings (SSSR count). The fourth-order valence-electron chi connectivity index (χ4n) is 2.59. The zero-order valence-corrected chi connectivity index (χ0v) is 11.4. The standard InChI is InChI=1S/C14H16ClN3O/c15-10-3-4-13-12(8-10)14(19)18(9-17-13)7-5-11-2-1-6-16-11/h3-4,8-9,11,16H,1-2,5-7H2/t11-/m0/s1. The molecule has 100 valence electrons. The number of nitrogens with one attached hydrogen (secondary N) is 1. The average Bonchev–Trinajstić information content (AvgIpc) is 2.92. The van der Waals surface area contributed by atoms with Gasteiger partial charge in [0.2, 0.25) is 0 Å². The molecule has 2 aromatic rings. The Labute approximate surface area is 116 Å². The number of fused-ring (bicyclic) bond motifs is 1. The predicted molar refractivity (Wildman–Crippen MR) is 76.7 cm³/mol. The van der Waals surface area contributed by atoms with Crippen molar-refractivity contribution >= 4 is 22.5 Å². The van der Waals surface area contributed by atoms with Crippen LogP contribution in [0.2, 0.25) is 5.02 Å². The van der Waals surface area contributed by atoms with Crippen LogP contribution in [0.25, 0.3) is 10.9 Å². The maximum Gasteiger partial charge on any atom is 0.261 e. The van der Waals surface area contributed by atoms with Crippen LogP contribution >= 0.6 is 11.6 Å². The fraction of sp³-hybridized carbons (Fsp3) is 0.429. The molecule has 2 heterocycles. The molecule has 19 heavy (non-hydrogen) atoms. The molecule has 0 radical (unpaired) electrons. The summed E-state index contributed by atoms with van der Waals surface area (Å²) in [5, 5.41) is 4.60. The molecule has 0 saturated carbocycles. The molecule has 0 unspecified atom stereocenters. The second-order valence-electron chi connectivity index (χ2n) is 4.99. The molecule has 0 spiro atoms. The van der Waals surface area contributed by atoms with Gasteiger partial charge in [0.25, 0.3) is 5.56 Å². The third-order valence-corrected chi connectivity index (χ3v) is 3.90. The van der Waals surface area contributed by atoms with Crippen LogP contribution in [-0.2, 0) is 6.54 Å². The summed E-state index contributed by atoms with van der Waals surface area (Å²) >= 11 is 5.94. The Hall–Kier alpha value is -1.39. The number of aromatic nitrogens is 2. The lowest BCUT2D eigenvalue weighted by molar-refractivity contribution is 0.497. The number of hydrogen-bond donors (Lipinski definition) is 1. The van der Waals surface area contributed by atoms with E-state index >= 15 is 0 Å². The molecular formula is C14H16ClN3O. The smallest absolute Gasteiger partial charge is 0.261 e. The van der Waals surface area contributed by atoms with Gasteiger partial charge in [-0.05, 0) is 44.0 Å². The van der Waals surface area contributed by atoms with Gasteiger partial charge in [-0.15, -0.1) is 0 Å². The molecule has 1 atom stereocenters. The Morgan fingerprint density at radius 2 is 2.37 bits per heavy atom. The second kappa shape index (κ2) is 5.31. The van der Waals surface area contributed by atoms with E-state index < -0.39 is 0 Å². The van der Waals surface area contributed by atoms with E-state index in [4.69, 9.17) is 11.6 Å². The van der Waals surface area contributed by atoms with Crippen molar-refractivity contribution in [2.24, 2.45) is 0 Å². The Kier molecular flexibility index (Phi) is 3.53. The van der Waals surface area contributed by atoms with Crippen LogP contribution in [0.15, 0.2) is 29.3 Å². The van der Waals surface area contributed by atoms with Crippen molar-refractivity contribution in [2.75, 3.05) is 6.54 Å². The lowest BCUT2D eigenvalue weighted by Gasteiger charge is -2.11. The van der Waals surface area contributed by atoms with Crippen molar-refractivity contribution in [3.05, 3.63) is 39.9 Å². The molecule has 0 amide bonds. The van der Waals surface area contributed by atoms with Gasteiger partial charge in [0.05, 0.1) is 17.2 Å². The fourth-order valence-corrected chi connectivity index (χ4v) is 2.76. The van der Waals surface area contributed by atoms with Gasteiger partial charge in [0.15, 0.2) is 0 Å². The molecule has 1 saturated heterocycles. The highest BCUT2D eigenvalue weighted by Crippen LogP contribution is 2.14. The van der Waals surface area contributed by atoms with Gasteiger partial charge in [-0.1, -0.05) is 11.6 Å². The summed E-state index contributed by atoms with van der Waals surface area (Å²) in [5.41, 5.74) is 0.690. The van der Waals surface area contributed by atoms with E-state index in [2.05, 4.69) is 10.3 Å².